The highest BCUT2D eigenvalue weighted by Crippen LogP contribution is 2.24. The third kappa shape index (κ3) is 5.32. The molecule has 3 nitrogen and oxygen atoms in total. The number of aryl methyl sites for hydroxylation is 1. The van der Waals surface area contributed by atoms with Gasteiger partial charge in [0.2, 0.25) is 5.91 Å². The minimum absolute atomic E-state index is 0.0426. The summed E-state index contributed by atoms with van der Waals surface area (Å²) in [5, 5.41) is 3.03. The van der Waals surface area contributed by atoms with Gasteiger partial charge in [0.25, 0.3) is 0 Å². The minimum Gasteiger partial charge on any atom is -0.496 e. The average molecular weight is 329 g/mol. The molecule has 0 heterocycles. The maximum atomic E-state index is 12.1. The summed E-state index contributed by atoms with van der Waals surface area (Å²) in [4.78, 5) is 12.1. The van der Waals surface area contributed by atoms with Crippen molar-refractivity contribution >= 4 is 17.7 Å². The fourth-order valence-electron chi connectivity index (χ4n) is 2.45. The lowest BCUT2D eigenvalue weighted by atomic mass is 10.1. The Balaban J connectivity index is 1.82. The van der Waals surface area contributed by atoms with E-state index in [1.54, 1.807) is 18.9 Å². The van der Waals surface area contributed by atoms with Crippen LogP contribution in [0.4, 0.5) is 0 Å². The van der Waals surface area contributed by atoms with Crippen LogP contribution >= 0.6 is 11.8 Å². The van der Waals surface area contributed by atoms with Gasteiger partial charge in [-0.15, -0.1) is 11.8 Å². The summed E-state index contributed by atoms with van der Waals surface area (Å²) in [6.07, 6.45) is 0. The first kappa shape index (κ1) is 17.4. The largest absolute Gasteiger partial charge is 0.496 e. The molecule has 0 bridgehead atoms. The lowest BCUT2D eigenvalue weighted by Crippen LogP contribution is -2.28. The summed E-state index contributed by atoms with van der Waals surface area (Å²) in [6.45, 7) is 4.05. The van der Waals surface area contributed by atoms with Crippen molar-refractivity contribution < 1.29 is 9.53 Å². The lowest BCUT2D eigenvalue weighted by molar-refractivity contribution is -0.119. The van der Waals surface area contributed by atoms with E-state index in [1.165, 1.54) is 11.1 Å². The molecule has 0 spiro atoms. The molecule has 122 valence electrons. The highest BCUT2D eigenvalue weighted by Gasteiger charge is 2.13. The Labute approximate surface area is 142 Å². The van der Waals surface area contributed by atoms with Gasteiger partial charge in [0.1, 0.15) is 5.75 Å². The van der Waals surface area contributed by atoms with Crippen molar-refractivity contribution in [2.45, 2.75) is 25.6 Å². The van der Waals surface area contributed by atoms with E-state index >= 15 is 0 Å². The molecule has 1 amide bonds. The number of carbonyl (C=O) groups excluding carboxylic acids is 1. The molecule has 2 rings (SSSR count). The van der Waals surface area contributed by atoms with E-state index in [-0.39, 0.29) is 11.9 Å². The Kier molecular flexibility index (Phi) is 6.53. The summed E-state index contributed by atoms with van der Waals surface area (Å²) in [7, 11) is 1.64. The highest BCUT2D eigenvalue weighted by molar-refractivity contribution is 7.99. The lowest BCUT2D eigenvalue weighted by Gasteiger charge is -2.17. The van der Waals surface area contributed by atoms with E-state index in [4.69, 9.17) is 4.74 Å². The van der Waals surface area contributed by atoms with Crippen LogP contribution in [0.2, 0.25) is 0 Å². The topological polar surface area (TPSA) is 38.3 Å². The van der Waals surface area contributed by atoms with E-state index in [1.807, 2.05) is 31.2 Å². The van der Waals surface area contributed by atoms with Crippen LogP contribution in [-0.2, 0) is 10.5 Å². The first-order valence-corrected chi connectivity index (χ1v) is 8.81. The molecule has 0 aromatic heterocycles. The van der Waals surface area contributed by atoms with Crippen molar-refractivity contribution in [1.82, 2.24) is 5.32 Å². The van der Waals surface area contributed by atoms with E-state index in [0.717, 1.165) is 17.1 Å². The summed E-state index contributed by atoms with van der Waals surface area (Å²) in [5.74, 6) is 2.14. The van der Waals surface area contributed by atoms with Crippen molar-refractivity contribution in [3.05, 3.63) is 65.2 Å². The normalized spacial score (nSPS) is 11.8. The fourth-order valence-corrected chi connectivity index (χ4v) is 3.23. The predicted molar refractivity (Wildman–Crippen MR) is 96.9 cm³/mol. The number of rotatable bonds is 7. The second-order valence-electron chi connectivity index (χ2n) is 5.51. The molecular formula is C19H23NO2S. The van der Waals surface area contributed by atoms with Crippen LogP contribution in [0.15, 0.2) is 48.5 Å². The zero-order valence-corrected chi connectivity index (χ0v) is 14.7. The maximum Gasteiger partial charge on any atom is 0.230 e. The van der Waals surface area contributed by atoms with Crippen molar-refractivity contribution in [2.75, 3.05) is 12.9 Å². The van der Waals surface area contributed by atoms with Crippen LogP contribution in [-0.4, -0.2) is 18.8 Å². The van der Waals surface area contributed by atoms with Gasteiger partial charge < -0.3 is 10.1 Å². The first-order valence-electron chi connectivity index (χ1n) is 7.65. The molecule has 4 heteroatoms. The van der Waals surface area contributed by atoms with Gasteiger partial charge >= 0.3 is 0 Å². The Morgan fingerprint density at radius 1 is 1.22 bits per heavy atom. The molecule has 2 aromatic carbocycles. The third-order valence-electron chi connectivity index (χ3n) is 3.57. The van der Waals surface area contributed by atoms with Crippen molar-refractivity contribution in [3.63, 3.8) is 0 Å². The molecule has 1 N–H and O–H groups in total. The molecular weight excluding hydrogens is 306 g/mol. The van der Waals surface area contributed by atoms with Crippen LogP contribution in [0, 0.1) is 6.92 Å². The number of ether oxygens (including phenoxy) is 1. The zero-order chi connectivity index (χ0) is 16.7. The molecule has 0 fully saturated rings. The van der Waals surface area contributed by atoms with Crippen molar-refractivity contribution in [3.8, 4) is 5.75 Å². The van der Waals surface area contributed by atoms with E-state index < -0.39 is 0 Å². The highest BCUT2D eigenvalue weighted by atomic mass is 32.2. The molecule has 23 heavy (non-hydrogen) atoms. The Morgan fingerprint density at radius 3 is 2.74 bits per heavy atom. The van der Waals surface area contributed by atoms with Gasteiger partial charge in [-0.05, 0) is 25.5 Å². The summed E-state index contributed by atoms with van der Waals surface area (Å²) in [6, 6.07) is 16.1. The molecule has 0 radical (unpaired) electrons. The van der Waals surface area contributed by atoms with Gasteiger partial charge in [0.15, 0.2) is 0 Å². The average Bonchev–Trinajstić information content (AvgIpc) is 2.54. The number of methoxy groups -OCH3 is 1. The SMILES string of the molecule is COc1ccccc1[C@H](C)NC(=O)CSCc1cccc(C)c1. The summed E-state index contributed by atoms with van der Waals surface area (Å²) in [5.41, 5.74) is 3.49. The molecule has 1 atom stereocenters. The molecule has 0 unspecified atom stereocenters. The van der Waals surface area contributed by atoms with Crippen LogP contribution in [0.5, 0.6) is 5.75 Å². The first-order chi connectivity index (χ1) is 11.1. The van der Waals surface area contributed by atoms with Gasteiger partial charge in [-0.2, -0.15) is 0 Å². The van der Waals surface area contributed by atoms with E-state index in [9.17, 15) is 4.79 Å². The summed E-state index contributed by atoms with van der Waals surface area (Å²) >= 11 is 1.63. The number of nitrogens with one attached hydrogen (secondary N) is 1. The van der Waals surface area contributed by atoms with E-state index in [2.05, 4.69) is 36.5 Å². The summed E-state index contributed by atoms with van der Waals surface area (Å²) < 4.78 is 5.34. The number of hydrogen-bond acceptors (Lipinski definition) is 3. The zero-order valence-electron chi connectivity index (χ0n) is 13.8. The number of carbonyl (C=O) groups is 1. The molecule has 0 saturated heterocycles. The Hall–Kier alpha value is -1.94. The number of amides is 1. The molecule has 0 aliphatic rings. The fraction of sp³-hybridized carbons (Fsp3) is 0.316. The van der Waals surface area contributed by atoms with Crippen LogP contribution in [0.25, 0.3) is 0 Å². The smallest absolute Gasteiger partial charge is 0.230 e. The standard InChI is InChI=1S/C19H23NO2S/c1-14-7-6-8-16(11-14)12-23-13-19(21)20-15(2)17-9-4-5-10-18(17)22-3/h4-11,15H,12-13H2,1-3H3,(H,20,21)/t15-/m0/s1. The van der Waals surface area contributed by atoms with E-state index in [0.29, 0.717) is 5.75 Å². The van der Waals surface area contributed by atoms with Crippen LogP contribution in [0.3, 0.4) is 0 Å². The third-order valence-corrected chi connectivity index (χ3v) is 4.57. The van der Waals surface area contributed by atoms with Crippen LogP contribution in [0.1, 0.15) is 29.7 Å². The van der Waals surface area contributed by atoms with Crippen molar-refractivity contribution in [1.29, 1.82) is 0 Å². The quantitative estimate of drug-likeness (QED) is 0.830. The molecule has 2 aromatic rings. The maximum absolute atomic E-state index is 12.1. The van der Waals surface area contributed by atoms with Gasteiger partial charge in [-0.1, -0.05) is 48.0 Å². The Bertz CT molecular complexity index is 657. The molecule has 0 aliphatic heterocycles. The predicted octanol–water partition coefficient (Wildman–Crippen LogP) is 4.11. The van der Waals surface area contributed by atoms with Gasteiger partial charge in [-0.3, -0.25) is 4.79 Å². The second-order valence-corrected chi connectivity index (χ2v) is 6.50. The number of hydrogen-bond donors (Lipinski definition) is 1. The minimum atomic E-state index is -0.0711. The number of para-hydroxylation sites is 1. The molecule has 0 saturated carbocycles. The number of benzene rings is 2. The molecule has 0 aliphatic carbocycles. The second kappa shape index (κ2) is 8.63. The monoisotopic (exact) mass is 329 g/mol. The van der Waals surface area contributed by atoms with Gasteiger partial charge in [0, 0.05) is 11.3 Å². The van der Waals surface area contributed by atoms with Gasteiger partial charge in [0.05, 0.1) is 18.9 Å². The van der Waals surface area contributed by atoms with Gasteiger partial charge in [-0.25, -0.2) is 0 Å². The van der Waals surface area contributed by atoms with Crippen molar-refractivity contribution in [2.24, 2.45) is 0 Å². The number of thioether (sulfide) groups is 1. The van der Waals surface area contributed by atoms with Crippen LogP contribution < -0.4 is 10.1 Å². The Morgan fingerprint density at radius 2 is 2.00 bits per heavy atom.